The molecule has 3 rings (SSSR count). The molecule has 1 N–H and O–H groups in total. The Bertz CT molecular complexity index is 1420. The zero-order chi connectivity index (χ0) is 24.9. The van der Waals surface area contributed by atoms with Crippen molar-refractivity contribution in [1.29, 1.82) is 5.26 Å². The number of nitriles is 1. The van der Waals surface area contributed by atoms with Crippen LogP contribution in [0.4, 0.5) is 5.69 Å². The third-order valence-corrected chi connectivity index (χ3v) is 6.79. The van der Waals surface area contributed by atoms with Gasteiger partial charge in [0.1, 0.15) is 22.3 Å². The highest BCUT2D eigenvalue weighted by Crippen LogP contribution is 2.30. The van der Waals surface area contributed by atoms with Crippen LogP contribution < -0.4 is 14.2 Å². The summed E-state index contributed by atoms with van der Waals surface area (Å²) in [5.41, 5.74) is 0.501. The van der Waals surface area contributed by atoms with Crippen molar-refractivity contribution in [3.63, 3.8) is 0 Å². The molecule has 0 fully saturated rings. The smallest absolute Gasteiger partial charge is 0.339 e. The first-order valence-corrected chi connectivity index (χ1v) is 12.3. The number of ether oxygens (including phenoxy) is 1. The molecule has 0 aliphatic rings. The van der Waals surface area contributed by atoms with E-state index >= 15 is 0 Å². The molecule has 0 unspecified atom stereocenters. The second-order valence-corrected chi connectivity index (χ2v) is 9.90. The van der Waals surface area contributed by atoms with Gasteiger partial charge in [-0.3, -0.25) is 4.79 Å². The number of nitrogens with zero attached hydrogens (tertiary/aromatic N) is 1. The first-order valence-electron chi connectivity index (χ1n) is 9.39. The number of hydrogen-bond donors (Lipinski definition) is 1. The van der Waals surface area contributed by atoms with E-state index in [0.29, 0.717) is 20.8 Å². The molecule has 0 saturated heterocycles. The van der Waals surface area contributed by atoms with E-state index in [4.69, 9.17) is 32.1 Å². The molecule has 0 heterocycles. The van der Waals surface area contributed by atoms with Gasteiger partial charge in [0, 0.05) is 5.02 Å². The number of benzene rings is 3. The molecule has 0 atom stereocenters. The van der Waals surface area contributed by atoms with Crippen molar-refractivity contribution in [1.82, 2.24) is 0 Å². The number of amides is 1. The Morgan fingerprint density at radius 2 is 1.79 bits per heavy atom. The Hall–Kier alpha value is -3.03. The van der Waals surface area contributed by atoms with Crippen LogP contribution in [-0.4, -0.2) is 21.4 Å². The van der Waals surface area contributed by atoms with Crippen molar-refractivity contribution in [2.45, 2.75) is 4.90 Å². The van der Waals surface area contributed by atoms with E-state index < -0.39 is 16.0 Å². The van der Waals surface area contributed by atoms with Crippen LogP contribution in [0.5, 0.6) is 11.5 Å². The predicted molar refractivity (Wildman–Crippen MR) is 134 cm³/mol. The summed E-state index contributed by atoms with van der Waals surface area (Å²) >= 11 is 15.2. The van der Waals surface area contributed by atoms with E-state index in [0.717, 1.165) is 0 Å². The van der Waals surface area contributed by atoms with Gasteiger partial charge in [0.25, 0.3) is 5.91 Å². The molecule has 0 radical (unpaired) electrons. The number of methoxy groups -OCH3 is 1. The summed E-state index contributed by atoms with van der Waals surface area (Å²) in [7, 11) is -2.62. The monoisotopic (exact) mass is 580 g/mol. The standard InChI is InChI=1S/C23H15BrCl2N2O5S/c1-32-17-4-6-18(7-5-17)34(30,31)33-22-9-2-14(11-19(22)24)10-15(13-27)23(29)28-21-12-16(25)3-8-20(21)26/h2-12H,1H3,(H,28,29)/b15-10+. The molecular weight excluding hydrogens is 567 g/mol. The van der Waals surface area contributed by atoms with Crippen LogP contribution in [0.2, 0.25) is 10.0 Å². The lowest BCUT2D eigenvalue weighted by atomic mass is 10.1. The molecule has 0 aliphatic carbocycles. The Morgan fingerprint density at radius 1 is 1.09 bits per heavy atom. The number of rotatable bonds is 7. The molecule has 0 bridgehead atoms. The minimum Gasteiger partial charge on any atom is -0.497 e. The molecule has 0 aromatic heterocycles. The molecule has 174 valence electrons. The summed E-state index contributed by atoms with van der Waals surface area (Å²) < 4.78 is 35.7. The maximum atomic E-state index is 12.6. The van der Waals surface area contributed by atoms with E-state index in [2.05, 4.69) is 21.2 Å². The molecule has 1 amide bonds. The minimum absolute atomic E-state index is 0.0293. The van der Waals surface area contributed by atoms with Crippen molar-refractivity contribution < 1.29 is 22.1 Å². The van der Waals surface area contributed by atoms with Gasteiger partial charge in [-0.2, -0.15) is 13.7 Å². The highest BCUT2D eigenvalue weighted by atomic mass is 79.9. The summed E-state index contributed by atoms with van der Waals surface area (Å²) in [6.07, 6.45) is 1.33. The van der Waals surface area contributed by atoms with Gasteiger partial charge < -0.3 is 14.2 Å². The number of anilines is 1. The Kier molecular flexibility index (Phi) is 8.23. The topological polar surface area (TPSA) is 105 Å². The van der Waals surface area contributed by atoms with Crippen molar-refractivity contribution >= 4 is 66.9 Å². The number of hydrogen-bond acceptors (Lipinski definition) is 6. The largest absolute Gasteiger partial charge is 0.497 e. The van der Waals surface area contributed by atoms with Gasteiger partial charge >= 0.3 is 10.1 Å². The highest BCUT2D eigenvalue weighted by molar-refractivity contribution is 9.10. The number of carbonyl (C=O) groups excluding carboxylic acids is 1. The molecule has 7 nitrogen and oxygen atoms in total. The molecule has 11 heteroatoms. The number of halogens is 3. The molecule has 0 saturated carbocycles. The van der Waals surface area contributed by atoms with Crippen molar-refractivity contribution in [3.8, 4) is 17.6 Å². The van der Waals surface area contributed by atoms with Gasteiger partial charge in [-0.15, -0.1) is 0 Å². The fraction of sp³-hybridized carbons (Fsp3) is 0.0435. The SMILES string of the molecule is COc1ccc(S(=O)(=O)Oc2ccc(/C=C(\C#N)C(=O)Nc3cc(Cl)ccc3Cl)cc2Br)cc1. The predicted octanol–water partition coefficient (Wildman–Crippen LogP) is 6.08. The number of nitrogens with one attached hydrogen (secondary N) is 1. The van der Waals surface area contributed by atoms with Crippen LogP contribution in [0.15, 0.2) is 75.6 Å². The van der Waals surface area contributed by atoms with E-state index in [1.54, 1.807) is 6.07 Å². The van der Waals surface area contributed by atoms with E-state index in [1.807, 2.05) is 6.07 Å². The van der Waals surface area contributed by atoms with Crippen molar-refractivity contribution in [2.75, 3.05) is 12.4 Å². The Labute approximate surface area is 214 Å². The molecular formula is C23H15BrCl2N2O5S. The summed E-state index contributed by atoms with van der Waals surface area (Å²) in [4.78, 5) is 12.5. The Morgan fingerprint density at radius 3 is 2.41 bits per heavy atom. The van der Waals surface area contributed by atoms with E-state index in [1.165, 1.54) is 67.8 Å². The van der Waals surface area contributed by atoms with Crippen LogP contribution in [-0.2, 0) is 14.9 Å². The van der Waals surface area contributed by atoms with Crippen LogP contribution in [0.3, 0.4) is 0 Å². The van der Waals surface area contributed by atoms with Gasteiger partial charge in [0.2, 0.25) is 0 Å². The normalized spacial score (nSPS) is 11.4. The van der Waals surface area contributed by atoms with E-state index in [-0.39, 0.29) is 26.9 Å². The zero-order valence-corrected chi connectivity index (χ0v) is 21.3. The van der Waals surface area contributed by atoms with Crippen LogP contribution in [0.25, 0.3) is 6.08 Å². The average Bonchev–Trinajstić information content (AvgIpc) is 2.81. The lowest BCUT2D eigenvalue weighted by molar-refractivity contribution is -0.112. The second kappa shape index (κ2) is 10.9. The Balaban J connectivity index is 1.80. The summed E-state index contributed by atoms with van der Waals surface area (Å²) in [5.74, 6) is -0.155. The molecule has 0 aliphatic heterocycles. The first kappa shape index (κ1) is 25.6. The van der Waals surface area contributed by atoms with Gasteiger partial charge in [0.05, 0.1) is 22.3 Å². The fourth-order valence-corrected chi connectivity index (χ4v) is 4.55. The van der Waals surface area contributed by atoms with Gasteiger partial charge in [-0.1, -0.05) is 29.3 Å². The van der Waals surface area contributed by atoms with Gasteiger partial charge in [0.15, 0.2) is 5.75 Å². The summed E-state index contributed by atoms with van der Waals surface area (Å²) in [6.45, 7) is 0. The first-order chi connectivity index (χ1) is 16.1. The summed E-state index contributed by atoms with van der Waals surface area (Å²) in [6, 6.07) is 16.5. The number of carbonyl (C=O) groups is 1. The second-order valence-electron chi connectivity index (χ2n) is 6.65. The average molecular weight is 582 g/mol. The van der Waals surface area contributed by atoms with Crippen molar-refractivity contribution in [2.24, 2.45) is 0 Å². The van der Waals surface area contributed by atoms with Crippen LogP contribution >= 0.6 is 39.1 Å². The van der Waals surface area contributed by atoms with Gasteiger partial charge in [-0.25, -0.2) is 0 Å². The summed E-state index contributed by atoms with van der Waals surface area (Å²) in [5, 5.41) is 12.6. The maximum Gasteiger partial charge on any atom is 0.339 e. The third kappa shape index (κ3) is 6.30. The maximum absolute atomic E-state index is 12.6. The van der Waals surface area contributed by atoms with Crippen LogP contribution in [0, 0.1) is 11.3 Å². The molecule has 3 aromatic rings. The minimum atomic E-state index is -4.10. The van der Waals surface area contributed by atoms with Crippen LogP contribution in [0.1, 0.15) is 5.56 Å². The molecule has 3 aromatic carbocycles. The lowest BCUT2D eigenvalue weighted by Crippen LogP contribution is -2.13. The van der Waals surface area contributed by atoms with E-state index in [9.17, 15) is 18.5 Å². The van der Waals surface area contributed by atoms with Crippen molar-refractivity contribution in [3.05, 3.63) is 86.3 Å². The fourth-order valence-electron chi connectivity index (χ4n) is 2.68. The van der Waals surface area contributed by atoms with Gasteiger partial charge in [-0.05, 0) is 82.2 Å². The highest BCUT2D eigenvalue weighted by Gasteiger charge is 2.19. The third-order valence-electron chi connectivity index (χ3n) is 4.36. The molecule has 34 heavy (non-hydrogen) atoms. The zero-order valence-electron chi connectivity index (χ0n) is 17.4. The lowest BCUT2D eigenvalue weighted by Gasteiger charge is -2.10. The molecule has 0 spiro atoms. The quantitative estimate of drug-likeness (QED) is 0.206.